The van der Waals surface area contributed by atoms with Crippen molar-refractivity contribution in [2.24, 2.45) is 0 Å². The van der Waals surface area contributed by atoms with Crippen LogP contribution in [0.15, 0.2) is 60.9 Å². The van der Waals surface area contributed by atoms with E-state index in [1.54, 1.807) is 0 Å². The molecule has 2 aromatic carbocycles. The van der Waals surface area contributed by atoms with Crippen molar-refractivity contribution in [3.8, 4) is 11.1 Å². The Hall–Kier alpha value is -2.44. The largest absolute Gasteiger partial charge is 0.372 e. The van der Waals surface area contributed by atoms with Crippen molar-refractivity contribution in [2.75, 3.05) is 23.7 Å². The normalized spacial score (nSPS) is 11.7. The third-order valence-corrected chi connectivity index (χ3v) is 6.85. The van der Waals surface area contributed by atoms with E-state index in [9.17, 15) is 8.42 Å². The number of hydrogen-bond acceptors (Lipinski definition) is 3. The molecule has 5 nitrogen and oxygen atoms in total. The van der Waals surface area contributed by atoms with Gasteiger partial charge in [0.2, 0.25) is 0 Å². The maximum absolute atomic E-state index is 10.8. The quantitative estimate of drug-likeness (QED) is 0.193. The summed E-state index contributed by atoms with van der Waals surface area (Å²) < 4.78 is 32.5. The van der Waals surface area contributed by atoms with Gasteiger partial charge in [0.25, 0.3) is 10.1 Å². The van der Waals surface area contributed by atoms with Gasteiger partial charge in [0.1, 0.15) is 6.54 Å². The standard InChI is InChI=1S/C27H36N2O3S/c1-3-5-16-29(17-6-4-2)27-12-11-25-21-24(9-10-26(25)22-27)23-13-18-28(19-14-23)15-7-8-20-33(30,31)32/h9-14,18-19,21-22H,3-8,15-17,20H2,1-2H3/p+1. The molecule has 178 valence electrons. The van der Waals surface area contributed by atoms with Gasteiger partial charge in [0.05, 0.1) is 5.75 Å². The van der Waals surface area contributed by atoms with Crippen molar-refractivity contribution in [2.45, 2.75) is 58.9 Å². The van der Waals surface area contributed by atoms with Gasteiger partial charge in [-0.3, -0.25) is 4.55 Å². The number of nitrogens with zero attached hydrogens (tertiary/aromatic N) is 2. The number of rotatable bonds is 13. The lowest BCUT2D eigenvalue weighted by Crippen LogP contribution is -2.32. The Bertz CT molecular complexity index is 1120. The van der Waals surface area contributed by atoms with Gasteiger partial charge < -0.3 is 4.90 Å². The van der Waals surface area contributed by atoms with Crippen LogP contribution in [0.25, 0.3) is 21.9 Å². The van der Waals surface area contributed by atoms with Crippen LogP contribution in [0.2, 0.25) is 0 Å². The molecule has 1 aromatic heterocycles. The van der Waals surface area contributed by atoms with Crippen LogP contribution in [0, 0.1) is 0 Å². The van der Waals surface area contributed by atoms with Crippen LogP contribution in [0.3, 0.4) is 0 Å². The molecule has 0 aliphatic carbocycles. The summed E-state index contributed by atoms with van der Waals surface area (Å²) in [4.78, 5) is 2.52. The summed E-state index contributed by atoms with van der Waals surface area (Å²) in [5.41, 5.74) is 3.65. The van der Waals surface area contributed by atoms with Crippen molar-refractivity contribution in [3.05, 3.63) is 60.9 Å². The second-order valence-electron chi connectivity index (χ2n) is 8.76. The first kappa shape index (κ1) is 25.2. The molecule has 0 aliphatic heterocycles. The Balaban J connectivity index is 1.69. The minimum Gasteiger partial charge on any atom is -0.372 e. The van der Waals surface area contributed by atoms with Gasteiger partial charge in [-0.15, -0.1) is 0 Å². The molecule has 0 saturated heterocycles. The van der Waals surface area contributed by atoms with E-state index >= 15 is 0 Å². The summed E-state index contributed by atoms with van der Waals surface area (Å²) in [6.07, 6.45) is 10.1. The average Bonchev–Trinajstić information content (AvgIpc) is 2.81. The number of benzene rings is 2. The zero-order valence-corrected chi connectivity index (χ0v) is 20.7. The van der Waals surface area contributed by atoms with Crippen LogP contribution in [-0.2, 0) is 16.7 Å². The van der Waals surface area contributed by atoms with Gasteiger partial charge in [-0.25, -0.2) is 4.57 Å². The molecular weight excluding hydrogens is 432 g/mol. The molecule has 0 aliphatic rings. The van der Waals surface area contributed by atoms with Gasteiger partial charge in [0.15, 0.2) is 12.4 Å². The van der Waals surface area contributed by atoms with Gasteiger partial charge in [-0.05, 0) is 59.4 Å². The molecular formula is C27H37N2O3S+. The van der Waals surface area contributed by atoms with Crippen LogP contribution in [-0.4, -0.2) is 31.8 Å². The molecule has 1 heterocycles. The van der Waals surface area contributed by atoms with E-state index in [0.29, 0.717) is 12.8 Å². The fourth-order valence-corrected chi connectivity index (χ4v) is 4.62. The minimum absolute atomic E-state index is 0.181. The smallest absolute Gasteiger partial charge is 0.264 e. The summed E-state index contributed by atoms with van der Waals surface area (Å²) in [7, 11) is -3.87. The highest BCUT2D eigenvalue weighted by molar-refractivity contribution is 7.85. The van der Waals surface area contributed by atoms with Crippen LogP contribution < -0.4 is 9.47 Å². The molecule has 0 amide bonds. The Morgan fingerprint density at radius 2 is 1.42 bits per heavy atom. The topological polar surface area (TPSA) is 61.5 Å². The first-order chi connectivity index (χ1) is 15.9. The maximum Gasteiger partial charge on any atom is 0.264 e. The maximum atomic E-state index is 10.8. The third kappa shape index (κ3) is 7.83. The lowest BCUT2D eigenvalue weighted by molar-refractivity contribution is -0.697. The van der Waals surface area contributed by atoms with Gasteiger partial charge >= 0.3 is 0 Å². The summed E-state index contributed by atoms with van der Waals surface area (Å²) in [5, 5.41) is 2.50. The molecule has 0 unspecified atom stereocenters. The molecule has 1 N–H and O–H groups in total. The van der Waals surface area contributed by atoms with E-state index in [-0.39, 0.29) is 5.75 Å². The van der Waals surface area contributed by atoms with E-state index in [1.807, 2.05) is 17.0 Å². The highest BCUT2D eigenvalue weighted by atomic mass is 32.2. The van der Waals surface area contributed by atoms with Crippen LogP contribution >= 0.6 is 0 Å². The van der Waals surface area contributed by atoms with Gasteiger partial charge in [-0.1, -0.05) is 44.9 Å². The second-order valence-corrected chi connectivity index (χ2v) is 10.3. The first-order valence-corrected chi connectivity index (χ1v) is 13.7. The molecule has 0 fully saturated rings. The van der Waals surface area contributed by atoms with E-state index in [2.05, 4.69) is 67.3 Å². The van der Waals surface area contributed by atoms with Crippen LogP contribution in [0.5, 0.6) is 0 Å². The average molecular weight is 470 g/mol. The fourth-order valence-electron chi connectivity index (χ4n) is 4.06. The van der Waals surface area contributed by atoms with Gasteiger partial charge in [0, 0.05) is 37.3 Å². The third-order valence-electron chi connectivity index (χ3n) is 6.05. The monoisotopic (exact) mass is 469 g/mol. The molecule has 0 spiro atoms. The van der Waals surface area contributed by atoms with E-state index in [0.717, 1.165) is 25.2 Å². The van der Waals surface area contributed by atoms with Crippen molar-refractivity contribution >= 4 is 26.6 Å². The molecule has 3 rings (SSSR count). The zero-order valence-electron chi connectivity index (χ0n) is 19.9. The summed E-state index contributed by atoms with van der Waals surface area (Å²) in [6, 6.07) is 17.6. The molecule has 0 bridgehead atoms. The summed E-state index contributed by atoms with van der Waals surface area (Å²) in [5.74, 6) is -0.181. The Morgan fingerprint density at radius 1 is 0.788 bits per heavy atom. The minimum atomic E-state index is -3.87. The fraction of sp³-hybridized carbons (Fsp3) is 0.444. The number of aromatic nitrogens is 1. The number of pyridine rings is 1. The predicted octanol–water partition coefficient (Wildman–Crippen LogP) is 5.87. The summed E-state index contributed by atoms with van der Waals surface area (Å²) >= 11 is 0. The molecule has 0 atom stereocenters. The van der Waals surface area contributed by atoms with Gasteiger partial charge in [-0.2, -0.15) is 8.42 Å². The van der Waals surface area contributed by atoms with E-state index < -0.39 is 10.1 Å². The van der Waals surface area contributed by atoms with Crippen molar-refractivity contribution in [1.29, 1.82) is 0 Å². The van der Waals surface area contributed by atoms with E-state index in [4.69, 9.17) is 4.55 Å². The lowest BCUT2D eigenvalue weighted by Gasteiger charge is -2.25. The lowest BCUT2D eigenvalue weighted by atomic mass is 10.0. The SMILES string of the molecule is CCCCN(CCCC)c1ccc2cc(-c3cc[n+](CCCCS(=O)(=O)O)cc3)ccc2c1. The second kappa shape index (κ2) is 12.1. The number of hydrogen-bond donors (Lipinski definition) is 1. The Morgan fingerprint density at radius 3 is 2.06 bits per heavy atom. The molecule has 3 aromatic rings. The molecule has 0 radical (unpaired) electrons. The van der Waals surface area contributed by atoms with Crippen molar-refractivity contribution in [3.63, 3.8) is 0 Å². The molecule has 0 saturated carbocycles. The number of fused-ring (bicyclic) bond motifs is 1. The summed E-state index contributed by atoms with van der Waals surface area (Å²) in [6.45, 7) is 7.44. The number of unbranched alkanes of at least 4 members (excludes halogenated alkanes) is 3. The number of aryl methyl sites for hydroxylation is 1. The van der Waals surface area contributed by atoms with Crippen molar-refractivity contribution < 1.29 is 17.5 Å². The highest BCUT2D eigenvalue weighted by Crippen LogP contribution is 2.27. The molecule has 6 heteroatoms. The van der Waals surface area contributed by atoms with Crippen LogP contribution in [0.4, 0.5) is 5.69 Å². The van der Waals surface area contributed by atoms with Crippen LogP contribution in [0.1, 0.15) is 52.4 Å². The zero-order chi connectivity index (χ0) is 23.7. The predicted molar refractivity (Wildman–Crippen MR) is 137 cm³/mol. The van der Waals surface area contributed by atoms with Crippen molar-refractivity contribution in [1.82, 2.24) is 0 Å². The molecule has 33 heavy (non-hydrogen) atoms. The Labute approximate surface area is 198 Å². The number of anilines is 1. The Kier molecular flexibility index (Phi) is 9.27. The van der Waals surface area contributed by atoms with E-state index in [1.165, 1.54) is 47.7 Å². The highest BCUT2D eigenvalue weighted by Gasteiger charge is 2.09. The first-order valence-electron chi connectivity index (χ1n) is 12.1.